The summed E-state index contributed by atoms with van der Waals surface area (Å²) in [6.07, 6.45) is 4.04. The lowest BCUT2D eigenvalue weighted by atomic mass is 9.97. The van der Waals surface area contributed by atoms with Gasteiger partial charge in [0.1, 0.15) is 0 Å². The molecule has 1 atom stereocenters. The van der Waals surface area contributed by atoms with E-state index in [1.165, 1.54) is 6.42 Å². The van der Waals surface area contributed by atoms with Crippen molar-refractivity contribution >= 4 is 5.91 Å². The van der Waals surface area contributed by atoms with Crippen LogP contribution in [0.2, 0.25) is 0 Å². The van der Waals surface area contributed by atoms with Gasteiger partial charge in [-0.2, -0.15) is 5.10 Å². The number of hydrogen-bond donors (Lipinski definition) is 1. The first kappa shape index (κ1) is 18.4. The summed E-state index contributed by atoms with van der Waals surface area (Å²) in [7, 11) is 1.97. The molecule has 1 unspecified atom stereocenters. The number of benzene rings is 2. The molecule has 1 amide bonds. The zero-order chi connectivity index (χ0) is 19.3. The zero-order valence-electron chi connectivity index (χ0n) is 16.2. The number of hydrogen-bond acceptors (Lipinski definition) is 3. The second-order valence-corrected chi connectivity index (χ2v) is 7.36. The Morgan fingerprint density at radius 2 is 2.00 bits per heavy atom. The summed E-state index contributed by atoms with van der Waals surface area (Å²) in [6, 6.07) is 20.0. The molecule has 1 aromatic heterocycles. The van der Waals surface area contributed by atoms with Crippen molar-refractivity contribution in [3.8, 4) is 16.9 Å². The lowest BCUT2D eigenvalue weighted by molar-refractivity contribution is 0.0674. The van der Waals surface area contributed by atoms with Crippen LogP contribution in [0.3, 0.4) is 0 Å². The number of carbonyl (C=O) groups excluding carboxylic acids is 1. The maximum atomic E-state index is 13.1. The highest BCUT2D eigenvalue weighted by Crippen LogP contribution is 2.24. The van der Waals surface area contributed by atoms with E-state index in [0.717, 1.165) is 48.6 Å². The van der Waals surface area contributed by atoms with Crippen LogP contribution in [0.1, 0.15) is 23.2 Å². The van der Waals surface area contributed by atoms with Crippen molar-refractivity contribution in [2.24, 2.45) is 5.92 Å². The topological polar surface area (TPSA) is 50.2 Å². The van der Waals surface area contributed by atoms with Gasteiger partial charge in [0.05, 0.1) is 17.6 Å². The Kier molecular flexibility index (Phi) is 5.53. The van der Waals surface area contributed by atoms with E-state index < -0.39 is 0 Å². The largest absolute Gasteiger partial charge is 0.338 e. The Hall–Kier alpha value is -2.92. The van der Waals surface area contributed by atoms with E-state index in [2.05, 4.69) is 22.5 Å². The fraction of sp³-hybridized carbons (Fsp3) is 0.304. The molecular formula is C23H26N4O. The van der Waals surface area contributed by atoms with E-state index in [1.54, 1.807) is 6.20 Å². The summed E-state index contributed by atoms with van der Waals surface area (Å²) >= 11 is 0. The molecule has 1 fully saturated rings. The first-order valence-electron chi connectivity index (χ1n) is 9.90. The number of piperidine rings is 1. The predicted octanol–water partition coefficient (Wildman–Crippen LogP) is 3.61. The number of carbonyl (C=O) groups is 1. The normalized spacial score (nSPS) is 16.9. The average molecular weight is 374 g/mol. The van der Waals surface area contributed by atoms with E-state index in [4.69, 9.17) is 0 Å². The minimum Gasteiger partial charge on any atom is -0.338 e. The molecule has 0 spiro atoms. The Bertz CT molecular complexity index is 933. The SMILES string of the molecule is CNCC1CCCN(C(=O)c2cccc(-n3nccc3-c3ccccc3)c2)C1. The highest BCUT2D eigenvalue weighted by Gasteiger charge is 2.24. The maximum absolute atomic E-state index is 13.1. The van der Waals surface area contributed by atoms with E-state index in [-0.39, 0.29) is 5.91 Å². The van der Waals surface area contributed by atoms with Crippen molar-refractivity contribution in [1.82, 2.24) is 20.0 Å². The fourth-order valence-electron chi connectivity index (χ4n) is 3.99. The van der Waals surface area contributed by atoms with Crippen molar-refractivity contribution in [2.45, 2.75) is 12.8 Å². The van der Waals surface area contributed by atoms with E-state index in [9.17, 15) is 4.79 Å². The molecule has 28 heavy (non-hydrogen) atoms. The van der Waals surface area contributed by atoms with Crippen molar-refractivity contribution < 1.29 is 4.79 Å². The standard InChI is InChI=1S/C23H26N4O/c1-24-16-18-7-6-14-26(17-18)23(28)20-10-5-11-21(15-20)27-22(12-13-25-27)19-8-3-2-4-9-19/h2-5,8-13,15,18,24H,6-7,14,16-17H2,1H3. The summed E-state index contributed by atoms with van der Waals surface area (Å²) in [5.41, 5.74) is 3.73. The Labute approximate surface area is 166 Å². The average Bonchev–Trinajstić information content (AvgIpc) is 3.24. The summed E-state index contributed by atoms with van der Waals surface area (Å²) in [5, 5.41) is 7.73. The Balaban J connectivity index is 1.59. The lowest BCUT2D eigenvalue weighted by Gasteiger charge is -2.32. The summed E-state index contributed by atoms with van der Waals surface area (Å²) < 4.78 is 1.89. The molecule has 144 valence electrons. The minimum absolute atomic E-state index is 0.107. The number of nitrogens with zero attached hydrogens (tertiary/aromatic N) is 3. The molecule has 5 heteroatoms. The van der Waals surface area contributed by atoms with Crippen LogP contribution >= 0.6 is 0 Å². The third-order valence-corrected chi connectivity index (χ3v) is 5.35. The van der Waals surface area contributed by atoms with Gasteiger partial charge in [0.25, 0.3) is 5.91 Å². The molecule has 0 bridgehead atoms. The minimum atomic E-state index is 0.107. The molecule has 1 aliphatic rings. The van der Waals surface area contributed by atoms with Crippen LogP contribution in [0, 0.1) is 5.92 Å². The van der Waals surface area contributed by atoms with E-state index in [1.807, 2.05) is 65.2 Å². The molecule has 4 rings (SSSR count). The highest BCUT2D eigenvalue weighted by molar-refractivity contribution is 5.94. The van der Waals surface area contributed by atoms with Crippen LogP contribution in [0.5, 0.6) is 0 Å². The monoisotopic (exact) mass is 374 g/mol. The van der Waals surface area contributed by atoms with Gasteiger partial charge in [0.2, 0.25) is 0 Å². The molecule has 3 aromatic rings. The second-order valence-electron chi connectivity index (χ2n) is 7.36. The van der Waals surface area contributed by atoms with Gasteiger partial charge < -0.3 is 10.2 Å². The molecule has 0 aliphatic carbocycles. The summed E-state index contributed by atoms with van der Waals surface area (Å²) in [4.78, 5) is 15.1. The number of likely N-dealkylation sites (tertiary alicyclic amines) is 1. The summed E-state index contributed by atoms with van der Waals surface area (Å²) in [5.74, 6) is 0.637. The van der Waals surface area contributed by atoms with Gasteiger partial charge in [-0.15, -0.1) is 0 Å². The first-order chi connectivity index (χ1) is 13.8. The van der Waals surface area contributed by atoms with Crippen LogP contribution in [-0.2, 0) is 0 Å². The van der Waals surface area contributed by atoms with Crippen molar-refractivity contribution in [1.29, 1.82) is 0 Å². The molecule has 1 N–H and O–H groups in total. The predicted molar refractivity (Wildman–Crippen MR) is 112 cm³/mol. The van der Waals surface area contributed by atoms with Crippen LogP contribution in [0.4, 0.5) is 0 Å². The maximum Gasteiger partial charge on any atom is 0.253 e. The highest BCUT2D eigenvalue weighted by atomic mass is 16.2. The number of aromatic nitrogens is 2. The lowest BCUT2D eigenvalue weighted by Crippen LogP contribution is -2.42. The van der Waals surface area contributed by atoms with E-state index in [0.29, 0.717) is 5.92 Å². The quantitative estimate of drug-likeness (QED) is 0.742. The molecule has 0 saturated carbocycles. The molecular weight excluding hydrogens is 348 g/mol. The number of nitrogens with one attached hydrogen (secondary N) is 1. The van der Waals surface area contributed by atoms with Crippen LogP contribution < -0.4 is 5.32 Å². The molecule has 1 aliphatic heterocycles. The summed E-state index contributed by atoms with van der Waals surface area (Å²) in [6.45, 7) is 2.61. The van der Waals surface area contributed by atoms with Gasteiger partial charge in [-0.3, -0.25) is 4.79 Å². The van der Waals surface area contributed by atoms with Crippen LogP contribution in [0.25, 0.3) is 16.9 Å². The molecule has 2 heterocycles. The third-order valence-electron chi connectivity index (χ3n) is 5.35. The van der Waals surface area contributed by atoms with Gasteiger partial charge in [-0.25, -0.2) is 4.68 Å². The van der Waals surface area contributed by atoms with Crippen molar-refractivity contribution in [3.63, 3.8) is 0 Å². The first-order valence-corrected chi connectivity index (χ1v) is 9.90. The smallest absolute Gasteiger partial charge is 0.253 e. The van der Waals surface area contributed by atoms with Crippen LogP contribution in [-0.4, -0.2) is 47.3 Å². The van der Waals surface area contributed by atoms with Crippen LogP contribution in [0.15, 0.2) is 66.9 Å². The van der Waals surface area contributed by atoms with Crippen molar-refractivity contribution in [3.05, 3.63) is 72.4 Å². The van der Waals surface area contributed by atoms with Gasteiger partial charge in [-0.1, -0.05) is 36.4 Å². The number of rotatable bonds is 5. The Morgan fingerprint density at radius 1 is 1.14 bits per heavy atom. The fourth-order valence-corrected chi connectivity index (χ4v) is 3.99. The van der Waals surface area contributed by atoms with Gasteiger partial charge >= 0.3 is 0 Å². The van der Waals surface area contributed by atoms with Gasteiger partial charge in [0.15, 0.2) is 0 Å². The van der Waals surface area contributed by atoms with Gasteiger partial charge in [-0.05, 0) is 56.6 Å². The van der Waals surface area contributed by atoms with E-state index >= 15 is 0 Å². The molecule has 0 radical (unpaired) electrons. The molecule has 2 aromatic carbocycles. The second kappa shape index (κ2) is 8.40. The third kappa shape index (κ3) is 3.85. The zero-order valence-corrected chi connectivity index (χ0v) is 16.2. The Morgan fingerprint density at radius 3 is 2.82 bits per heavy atom. The molecule has 5 nitrogen and oxygen atoms in total. The molecule has 1 saturated heterocycles. The number of amides is 1. The van der Waals surface area contributed by atoms with Gasteiger partial charge in [0, 0.05) is 24.2 Å². The van der Waals surface area contributed by atoms with Crippen molar-refractivity contribution in [2.75, 3.05) is 26.7 Å².